The van der Waals surface area contributed by atoms with E-state index in [1.807, 2.05) is 24.3 Å². The van der Waals surface area contributed by atoms with Crippen molar-refractivity contribution in [2.24, 2.45) is 0 Å². The summed E-state index contributed by atoms with van der Waals surface area (Å²) >= 11 is 6.23. The molecular weight excluding hydrogens is 250 g/mol. The van der Waals surface area contributed by atoms with Gasteiger partial charge in [0, 0.05) is 11.6 Å². The van der Waals surface area contributed by atoms with Crippen LogP contribution in [0.25, 0.3) is 0 Å². The fourth-order valence-corrected chi connectivity index (χ4v) is 2.60. The van der Waals surface area contributed by atoms with Gasteiger partial charge in [0.25, 0.3) is 0 Å². The molecule has 0 saturated heterocycles. The van der Waals surface area contributed by atoms with Crippen molar-refractivity contribution < 1.29 is 9.53 Å². The van der Waals surface area contributed by atoms with Crippen LogP contribution in [0, 0.1) is 0 Å². The Labute approximate surface area is 112 Å². The number of nitrogens with one attached hydrogen (secondary N) is 1. The zero-order chi connectivity index (χ0) is 13.0. The molecule has 1 atom stereocenters. The normalized spacial score (nSPS) is 17.4. The van der Waals surface area contributed by atoms with Gasteiger partial charge in [-0.15, -0.1) is 11.6 Å². The van der Waals surface area contributed by atoms with Crippen molar-refractivity contribution >= 4 is 17.5 Å². The largest absolute Gasteiger partial charge is 0.496 e. The number of alkyl halides is 1. The van der Waals surface area contributed by atoms with Crippen molar-refractivity contribution in [3.63, 3.8) is 0 Å². The summed E-state index contributed by atoms with van der Waals surface area (Å²) in [5, 5.41) is 2.31. The van der Waals surface area contributed by atoms with Crippen LogP contribution in [0.2, 0.25) is 0 Å². The van der Waals surface area contributed by atoms with Gasteiger partial charge in [-0.05, 0) is 18.9 Å². The topological polar surface area (TPSA) is 38.3 Å². The van der Waals surface area contributed by atoms with Crippen LogP contribution in [0.15, 0.2) is 24.3 Å². The van der Waals surface area contributed by atoms with Crippen LogP contribution >= 0.6 is 11.6 Å². The summed E-state index contributed by atoms with van der Waals surface area (Å²) in [6, 6.07) is 7.64. The van der Waals surface area contributed by atoms with Gasteiger partial charge in [-0.25, -0.2) is 0 Å². The Bertz CT molecular complexity index is 416. The number of hydrogen-bond donors (Lipinski definition) is 1. The van der Waals surface area contributed by atoms with Gasteiger partial charge in [-0.1, -0.05) is 31.0 Å². The summed E-state index contributed by atoms with van der Waals surface area (Å²) in [6.07, 6.45) is 4.49. The number of carbonyl (C=O) groups is 1. The molecule has 0 aliphatic heterocycles. The fourth-order valence-electron chi connectivity index (χ4n) is 2.36. The van der Waals surface area contributed by atoms with Crippen LogP contribution in [0.4, 0.5) is 0 Å². The Morgan fingerprint density at radius 3 is 2.72 bits per heavy atom. The first-order chi connectivity index (χ1) is 8.72. The molecule has 0 aromatic heterocycles. The zero-order valence-electron chi connectivity index (χ0n) is 10.5. The number of hydrogen-bond acceptors (Lipinski definition) is 2. The number of amides is 1. The molecule has 4 heteroatoms. The van der Waals surface area contributed by atoms with E-state index in [9.17, 15) is 4.79 Å². The van der Waals surface area contributed by atoms with Crippen LogP contribution in [0.1, 0.15) is 36.6 Å². The molecule has 0 heterocycles. The summed E-state index contributed by atoms with van der Waals surface area (Å²) in [5.74, 6) is 0.520. The van der Waals surface area contributed by atoms with Gasteiger partial charge in [0.1, 0.15) is 11.1 Å². The Morgan fingerprint density at radius 2 is 2.06 bits per heavy atom. The number of halogens is 1. The van der Waals surface area contributed by atoms with Gasteiger partial charge < -0.3 is 10.1 Å². The first-order valence-corrected chi connectivity index (χ1v) is 6.73. The van der Waals surface area contributed by atoms with E-state index >= 15 is 0 Å². The Kier molecular flexibility index (Phi) is 4.48. The third-order valence-electron chi connectivity index (χ3n) is 3.34. The van der Waals surface area contributed by atoms with E-state index in [1.165, 1.54) is 12.8 Å². The van der Waals surface area contributed by atoms with E-state index in [0.717, 1.165) is 18.4 Å². The molecular formula is C14H18ClNO2. The minimum Gasteiger partial charge on any atom is -0.496 e. The molecule has 0 radical (unpaired) electrons. The van der Waals surface area contributed by atoms with Crippen molar-refractivity contribution in [1.29, 1.82) is 0 Å². The second-order valence-corrected chi connectivity index (χ2v) is 5.03. The van der Waals surface area contributed by atoms with Gasteiger partial charge in [0.05, 0.1) is 7.11 Å². The van der Waals surface area contributed by atoms with Gasteiger partial charge >= 0.3 is 0 Å². The summed E-state index contributed by atoms with van der Waals surface area (Å²) in [5.41, 5.74) is 0.720. The number of para-hydroxylation sites is 1. The van der Waals surface area contributed by atoms with Gasteiger partial charge in [0.2, 0.25) is 5.91 Å². The predicted molar refractivity (Wildman–Crippen MR) is 72.0 cm³/mol. The third-order valence-corrected chi connectivity index (χ3v) is 3.78. The third kappa shape index (κ3) is 2.96. The molecule has 98 valence electrons. The van der Waals surface area contributed by atoms with Crippen LogP contribution in [0.5, 0.6) is 5.75 Å². The zero-order valence-corrected chi connectivity index (χ0v) is 11.2. The number of benzene rings is 1. The van der Waals surface area contributed by atoms with Crippen molar-refractivity contribution in [2.45, 2.75) is 37.1 Å². The van der Waals surface area contributed by atoms with E-state index in [4.69, 9.17) is 16.3 Å². The van der Waals surface area contributed by atoms with Gasteiger partial charge in [-0.2, -0.15) is 0 Å². The molecule has 1 fully saturated rings. The average molecular weight is 268 g/mol. The molecule has 1 aromatic rings. The number of ether oxygens (including phenoxy) is 1. The highest BCUT2D eigenvalue weighted by atomic mass is 35.5. The van der Waals surface area contributed by atoms with E-state index in [-0.39, 0.29) is 11.9 Å². The lowest BCUT2D eigenvalue weighted by Crippen LogP contribution is -2.35. The molecule has 3 nitrogen and oxygen atoms in total. The summed E-state index contributed by atoms with van der Waals surface area (Å²) in [6.45, 7) is 0. The molecule has 1 aromatic carbocycles. The minimum absolute atomic E-state index is 0.131. The quantitative estimate of drug-likeness (QED) is 0.852. The van der Waals surface area contributed by atoms with Crippen LogP contribution < -0.4 is 10.1 Å². The van der Waals surface area contributed by atoms with Crippen molar-refractivity contribution in [2.75, 3.05) is 7.11 Å². The lowest BCUT2D eigenvalue weighted by Gasteiger charge is -2.17. The molecule has 1 unspecified atom stereocenters. The number of methoxy groups -OCH3 is 1. The van der Waals surface area contributed by atoms with E-state index in [1.54, 1.807) is 7.11 Å². The highest BCUT2D eigenvalue weighted by Gasteiger charge is 2.24. The summed E-state index contributed by atoms with van der Waals surface area (Å²) in [4.78, 5) is 12.1. The molecule has 0 spiro atoms. The molecule has 1 aliphatic rings. The fraction of sp³-hybridized carbons (Fsp3) is 0.500. The average Bonchev–Trinajstić information content (AvgIpc) is 2.90. The number of rotatable bonds is 4. The molecule has 1 aliphatic carbocycles. The minimum atomic E-state index is -0.693. The van der Waals surface area contributed by atoms with Crippen molar-refractivity contribution in [1.82, 2.24) is 5.32 Å². The lowest BCUT2D eigenvalue weighted by atomic mass is 10.1. The first kappa shape index (κ1) is 13.2. The second kappa shape index (κ2) is 6.10. The predicted octanol–water partition coefficient (Wildman–Crippen LogP) is 3.03. The smallest absolute Gasteiger partial charge is 0.242 e. The van der Waals surface area contributed by atoms with Gasteiger partial charge in [-0.3, -0.25) is 4.79 Å². The highest BCUT2D eigenvalue weighted by Crippen LogP contribution is 2.30. The lowest BCUT2D eigenvalue weighted by molar-refractivity contribution is -0.121. The molecule has 2 rings (SSSR count). The molecule has 18 heavy (non-hydrogen) atoms. The van der Waals surface area contributed by atoms with Crippen molar-refractivity contribution in [3.05, 3.63) is 29.8 Å². The molecule has 1 N–H and O–H groups in total. The van der Waals surface area contributed by atoms with E-state index < -0.39 is 5.38 Å². The van der Waals surface area contributed by atoms with Gasteiger partial charge in [0.15, 0.2) is 0 Å². The molecule has 1 amide bonds. The standard InChI is InChI=1S/C14H18ClNO2/c1-18-12-9-5-4-8-11(12)13(15)14(17)16-10-6-2-3-7-10/h4-5,8-10,13H,2-3,6-7H2,1H3,(H,16,17). The second-order valence-electron chi connectivity index (χ2n) is 4.59. The van der Waals surface area contributed by atoms with Crippen molar-refractivity contribution in [3.8, 4) is 5.75 Å². The Morgan fingerprint density at radius 1 is 1.39 bits per heavy atom. The Hall–Kier alpha value is -1.22. The SMILES string of the molecule is COc1ccccc1C(Cl)C(=O)NC1CCCC1. The first-order valence-electron chi connectivity index (χ1n) is 6.29. The molecule has 0 bridgehead atoms. The van der Waals surface area contributed by atoms with Crippen LogP contribution in [-0.2, 0) is 4.79 Å². The summed E-state index contributed by atoms with van der Waals surface area (Å²) in [7, 11) is 1.58. The van der Waals surface area contributed by atoms with Crippen LogP contribution in [-0.4, -0.2) is 19.1 Å². The van der Waals surface area contributed by atoms with E-state index in [2.05, 4.69) is 5.32 Å². The maximum absolute atomic E-state index is 12.1. The Balaban J connectivity index is 2.05. The van der Waals surface area contributed by atoms with Crippen LogP contribution in [0.3, 0.4) is 0 Å². The van der Waals surface area contributed by atoms with E-state index in [0.29, 0.717) is 5.75 Å². The maximum Gasteiger partial charge on any atom is 0.242 e. The molecule has 1 saturated carbocycles. The number of carbonyl (C=O) groups excluding carboxylic acids is 1. The summed E-state index contributed by atoms with van der Waals surface area (Å²) < 4.78 is 5.22. The monoisotopic (exact) mass is 267 g/mol. The maximum atomic E-state index is 12.1. The highest BCUT2D eigenvalue weighted by molar-refractivity contribution is 6.31.